The Kier molecular flexibility index (Phi) is 5.52. The van der Waals surface area contributed by atoms with Crippen molar-refractivity contribution in [2.24, 2.45) is 0 Å². The first-order chi connectivity index (χ1) is 8.56. The van der Waals surface area contributed by atoms with Crippen LogP contribution in [0.25, 0.3) is 0 Å². The fourth-order valence-corrected chi connectivity index (χ4v) is 4.20. The average Bonchev–Trinajstić information content (AvgIpc) is 2.51. The molecule has 1 N–H and O–H groups in total. The molecule has 0 aliphatic carbocycles. The molecule has 100 valence electrons. The van der Waals surface area contributed by atoms with Gasteiger partial charge < -0.3 is 10.0 Å². The zero-order chi connectivity index (χ0) is 13.1. The monoisotopic (exact) mass is 472 g/mol. The summed E-state index contributed by atoms with van der Waals surface area (Å²) in [7, 11) is 2.18. The lowest BCUT2D eigenvalue weighted by Gasteiger charge is -2.21. The highest BCUT2D eigenvalue weighted by atomic mass is 127. The Morgan fingerprint density at radius 2 is 1.94 bits per heavy atom. The molecular weight excluding hydrogens is 454 g/mol. The maximum Gasteiger partial charge on any atom is 0.133 e. The third-order valence-corrected chi connectivity index (χ3v) is 4.76. The van der Waals surface area contributed by atoms with Crippen molar-refractivity contribution < 1.29 is 5.11 Å². The summed E-state index contributed by atoms with van der Waals surface area (Å²) in [6, 6.07) is 4.10. The lowest BCUT2D eigenvalue weighted by atomic mass is 10.2. The molecule has 0 saturated carbocycles. The molecule has 0 radical (unpaired) electrons. The molecule has 0 aromatic heterocycles. The van der Waals surface area contributed by atoms with Gasteiger partial charge in [-0.05, 0) is 83.9 Å². The van der Waals surface area contributed by atoms with E-state index < -0.39 is 0 Å². The van der Waals surface area contributed by atoms with Gasteiger partial charge in [0.2, 0.25) is 0 Å². The van der Waals surface area contributed by atoms with Crippen LogP contribution in [0, 0.1) is 7.14 Å². The second-order valence-corrected chi connectivity index (χ2v) is 7.24. The molecule has 1 saturated heterocycles. The van der Waals surface area contributed by atoms with Crippen LogP contribution in [0.1, 0.15) is 12.0 Å². The summed E-state index contributed by atoms with van der Waals surface area (Å²) < 4.78 is 2.14. The number of aromatic hydroxyl groups is 1. The Morgan fingerprint density at radius 1 is 1.17 bits per heavy atom. The van der Waals surface area contributed by atoms with Gasteiger partial charge in [-0.25, -0.2) is 0 Å². The molecule has 18 heavy (non-hydrogen) atoms. The summed E-state index contributed by atoms with van der Waals surface area (Å²) in [4.78, 5) is 4.81. The molecule has 0 spiro atoms. The summed E-state index contributed by atoms with van der Waals surface area (Å²) in [5.41, 5.74) is 1.05. The zero-order valence-electron chi connectivity index (χ0n) is 10.5. The minimum atomic E-state index is 0.452. The number of likely N-dealkylation sites (N-methyl/N-ethyl adjacent to an activating group) is 1. The Labute approximate surface area is 136 Å². The van der Waals surface area contributed by atoms with Gasteiger partial charge in [0.15, 0.2) is 0 Å². The number of hydrogen-bond donors (Lipinski definition) is 1. The van der Waals surface area contributed by atoms with Crippen LogP contribution in [0.15, 0.2) is 12.1 Å². The van der Waals surface area contributed by atoms with Crippen molar-refractivity contribution in [2.75, 3.05) is 33.2 Å². The highest BCUT2D eigenvalue weighted by Gasteiger charge is 2.15. The Morgan fingerprint density at radius 3 is 2.72 bits per heavy atom. The van der Waals surface area contributed by atoms with Gasteiger partial charge in [0.05, 0.1) is 3.57 Å². The Bertz CT molecular complexity index is 426. The van der Waals surface area contributed by atoms with Crippen LogP contribution in [0.4, 0.5) is 0 Å². The predicted octanol–water partition coefficient (Wildman–Crippen LogP) is 2.74. The SMILES string of the molecule is CN1CCCN(Cc2cc(I)cc(I)c2O)CC1. The number of halogens is 2. The fourth-order valence-electron chi connectivity index (χ4n) is 2.24. The van der Waals surface area contributed by atoms with Crippen molar-refractivity contribution in [2.45, 2.75) is 13.0 Å². The minimum Gasteiger partial charge on any atom is -0.507 e. The molecule has 1 heterocycles. The highest BCUT2D eigenvalue weighted by molar-refractivity contribution is 14.1. The van der Waals surface area contributed by atoms with Crippen LogP contribution in [-0.4, -0.2) is 48.1 Å². The van der Waals surface area contributed by atoms with Crippen molar-refractivity contribution >= 4 is 45.2 Å². The van der Waals surface area contributed by atoms with Crippen LogP contribution < -0.4 is 0 Å². The molecule has 0 unspecified atom stereocenters. The zero-order valence-corrected chi connectivity index (χ0v) is 14.8. The number of benzene rings is 1. The highest BCUT2D eigenvalue weighted by Crippen LogP contribution is 2.28. The molecule has 0 atom stereocenters. The summed E-state index contributed by atoms with van der Waals surface area (Å²) in [6.45, 7) is 5.34. The van der Waals surface area contributed by atoms with Crippen molar-refractivity contribution in [3.05, 3.63) is 24.8 Å². The van der Waals surface area contributed by atoms with Crippen molar-refractivity contribution in [1.82, 2.24) is 9.80 Å². The third-order valence-electron chi connectivity index (χ3n) is 3.31. The van der Waals surface area contributed by atoms with Gasteiger partial charge >= 0.3 is 0 Å². The van der Waals surface area contributed by atoms with Crippen molar-refractivity contribution in [3.8, 4) is 5.75 Å². The normalized spacial score (nSPS) is 18.8. The van der Waals surface area contributed by atoms with E-state index in [1.807, 2.05) is 6.07 Å². The molecule has 0 bridgehead atoms. The number of hydrogen-bond acceptors (Lipinski definition) is 3. The van der Waals surface area contributed by atoms with Crippen LogP contribution in [0.2, 0.25) is 0 Å². The molecule has 1 fully saturated rings. The molecule has 1 aromatic carbocycles. The molecule has 5 heteroatoms. The van der Waals surface area contributed by atoms with Crippen molar-refractivity contribution in [1.29, 1.82) is 0 Å². The fraction of sp³-hybridized carbons (Fsp3) is 0.538. The number of phenols is 1. The smallest absolute Gasteiger partial charge is 0.133 e. The molecular formula is C13H18I2N2O. The largest absolute Gasteiger partial charge is 0.507 e. The maximum atomic E-state index is 10.1. The number of phenolic OH excluding ortho intramolecular Hbond substituents is 1. The van der Waals surface area contributed by atoms with Gasteiger partial charge in [-0.15, -0.1) is 0 Å². The van der Waals surface area contributed by atoms with Gasteiger partial charge in [-0.2, -0.15) is 0 Å². The summed E-state index contributed by atoms with van der Waals surface area (Å²) >= 11 is 4.51. The van der Waals surface area contributed by atoms with E-state index in [0.717, 1.165) is 35.3 Å². The first-order valence-electron chi connectivity index (χ1n) is 6.14. The summed E-state index contributed by atoms with van der Waals surface area (Å²) in [5.74, 6) is 0.452. The first kappa shape index (κ1) is 14.8. The van der Waals surface area contributed by atoms with Gasteiger partial charge in [0.1, 0.15) is 5.75 Å². The molecule has 3 nitrogen and oxygen atoms in total. The molecule has 1 aliphatic rings. The maximum absolute atomic E-state index is 10.1. The van der Waals surface area contributed by atoms with Crippen molar-refractivity contribution in [3.63, 3.8) is 0 Å². The van der Waals surface area contributed by atoms with Gasteiger partial charge in [0.25, 0.3) is 0 Å². The van der Waals surface area contributed by atoms with E-state index in [-0.39, 0.29) is 0 Å². The van der Waals surface area contributed by atoms with Gasteiger partial charge in [-0.3, -0.25) is 4.90 Å². The minimum absolute atomic E-state index is 0.452. The van der Waals surface area contributed by atoms with Crippen LogP contribution >= 0.6 is 45.2 Å². The molecule has 0 amide bonds. The average molecular weight is 472 g/mol. The van der Waals surface area contributed by atoms with E-state index in [4.69, 9.17) is 0 Å². The lowest BCUT2D eigenvalue weighted by molar-refractivity contribution is 0.265. The number of rotatable bonds is 2. The molecule has 2 rings (SSSR count). The Balaban J connectivity index is 2.09. The van der Waals surface area contributed by atoms with Crippen LogP contribution in [0.3, 0.4) is 0 Å². The Hall–Kier alpha value is 0.400. The van der Waals surface area contributed by atoms with Gasteiger partial charge in [-0.1, -0.05) is 0 Å². The molecule has 1 aromatic rings. The van der Waals surface area contributed by atoms with E-state index in [2.05, 4.69) is 68.1 Å². The molecule has 1 aliphatic heterocycles. The van der Waals surface area contributed by atoms with E-state index in [0.29, 0.717) is 5.75 Å². The quantitative estimate of drug-likeness (QED) is 0.672. The van der Waals surface area contributed by atoms with Crippen LogP contribution in [-0.2, 0) is 6.54 Å². The topological polar surface area (TPSA) is 26.7 Å². The summed E-state index contributed by atoms with van der Waals surface area (Å²) in [6.07, 6.45) is 1.21. The first-order valence-corrected chi connectivity index (χ1v) is 8.30. The summed E-state index contributed by atoms with van der Waals surface area (Å²) in [5, 5.41) is 10.1. The van der Waals surface area contributed by atoms with E-state index in [9.17, 15) is 5.11 Å². The van der Waals surface area contributed by atoms with Gasteiger partial charge in [0, 0.05) is 28.8 Å². The van der Waals surface area contributed by atoms with E-state index >= 15 is 0 Å². The van der Waals surface area contributed by atoms with E-state index in [1.54, 1.807) is 0 Å². The van der Waals surface area contributed by atoms with Crippen LogP contribution in [0.5, 0.6) is 5.75 Å². The second kappa shape index (κ2) is 6.71. The lowest BCUT2D eigenvalue weighted by Crippen LogP contribution is -2.28. The third kappa shape index (κ3) is 3.94. The second-order valence-electron chi connectivity index (χ2n) is 4.83. The number of nitrogens with zero attached hydrogens (tertiary/aromatic N) is 2. The predicted molar refractivity (Wildman–Crippen MR) is 90.9 cm³/mol. The van der Waals surface area contributed by atoms with E-state index in [1.165, 1.54) is 16.5 Å². The standard InChI is InChI=1S/C13H18I2N2O/c1-16-3-2-4-17(6-5-16)9-10-7-11(14)8-12(15)13(10)18/h7-8,18H,2-6,9H2,1H3.